The van der Waals surface area contributed by atoms with Crippen LogP contribution < -0.4 is 10.6 Å². The van der Waals surface area contributed by atoms with Gasteiger partial charge in [0.05, 0.1) is 6.42 Å². The second kappa shape index (κ2) is 8.54. The molecule has 1 aromatic carbocycles. The van der Waals surface area contributed by atoms with E-state index in [4.69, 9.17) is 0 Å². The highest BCUT2D eigenvalue weighted by atomic mass is 16.2. The molecule has 0 saturated carbocycles. The Bertz CT molecular complexity index is 484. The van der Waals surface area contributed by atoms with E-state index in [-0.39, 0.29) is 11.8 Å². The summed E-state index contributed by atoms with van der Waals surface area (Å²) in [5.74, 6) is -0.0436. The van der Waals surface area contributed by atoms with Crippen molar-refractivity contribution in [3.63, 3.8) is 0 Å². The standard InChI is InChI=1S/C17H25N3O2/c1-2-6-15(17(22)20-11-9-18-10-12-20)19-16(21)13-14-7-4-3-5-8-14/h3-5,7-8,15,18H,2,6,9-13H2,1H3,(H,19,21). The molecule has 1 saturated heterocycles. The van der Waals surface area contributed by atoms with Crippen LogP contribution in [0, 0.1) is 0 Å². The van der Waals surface area contributed by atoms with E-state index >= 15 is 0 Å². The Labute approximate surface area is 132 Å². The Hall–Kier alpha value is -1.88. The predicted molar refractivity (Wildman–Crippen MR) is 86.4 cm³/mol. The zero-order chi connectivity index (χ0) is 15.8. The zero-order valence-electron chi connectivity index (χ0n) is 13.2. The molecule has 1 aliphatic heterocycles. The van der Waals surface area contributed by atoms with Gasteiger partial charge in [-0.1, -0.05) is 43.7 Å². The molecule has 0 bridgehead atoms. The average molecular weight is 303 g/mol. The molecular formula is C17H25N3O2. The molecule has 5 nitrogen and oxygen atoms in total. The molecule has 1 aliphatic rings. The molecule has 0 spiro atoms. The summed E-state index contributed by atoms with van der Waals surface area (Å²) in [6, 6.07) is 9.20. The van der Waals surface area contributed by atoms with Crippen LogP contribution in [0.3, 0.4) is 0 Å². The van der Waals surface area contributed by atoms with Crippen molar-refractivity contribution in [2.45, 2.75) is 32.2 Å². The van der Waals surface area contributed by atoms with E-state index in [1.165, 1.54) is 0 Å². The van der Waals surface area contributed by atoms with Gasteiger partial charge in [0.1, 0.15) is 6.04 Å². The molecule has 22 heavy (non-hydrogen) atoms. The van der Waals surface area contributed by atoms with Gasteiger partial charge in [0.15, 0.2) is 0 Å². The molecule has 0 radical (unpaired) electrons. The van der Waals surface area contributed by atoms with Crippen LogP contribution in [0.1, 0.15) is 25.3 Å². The first-order valence-corrected chi connectivity index (χ1v) is 8.03. The third kappa shape index (κ3) is 4.84. The molecule has 1 atom stereocenters. The first-order valence-electron chi connectivity index (χ1n) is 8.03. The molecule has 0 aliphatic carbocycles. The van der Waals surface area contributed by atoms with Crippen molar-refractivity contribution in [1.82, 2.24) is 15.5 Å². The van der Waals surface area contributed by atoms with Crippen molar-refractivity contribution < 1.29 is 9.59 Å². The minimum absolute atomic E-state index is 0.0461. The largest absolute Gasteiger partial charge is 0.344 e. The Balaban J connectivity index is 1.92. The lowest BCUT2D eigenvalue weighted by atomic mass is 10.1. The van der Waals surface area contributed by atoms with Crippen LogP contribution in [0.15, 0.2) is 30.3 Å². The monoisotopic (exact) mass is 303 g/mol. The molecule has 5 heteroatoms. The molecule has 120 valence electrons. The maximum absolute atomic E-state index is 12.6. The van der Waals surface area contributed by atoms with E-state index < -0.39 is 6.04 Å². The number of nitrogens with zero attached hydrogens (tertiary/aromatic N) is 1. The highest BCUT2D eigenvalue weighted by molar-refractivity contribution is 5.88. The minimum Gasteiger partial charge on any atom is -0.344 e. The van der Waals surface area contributed by atoms with Gasteiger partial charge in [0.25, 0.3) is 0 Å². The minimum atomic E-state index is -0.403. The maximum Gasteiger partial charge on any atom is 0.245 e. The SMILES string of the molecule is CCCC(NC(=O)Cc1ccccc1)C(=O)N1CCNCC1. The second-order valence-electron chi connectivity index (χ2n) is 5.65. The summed E-state index contributed by atoms with van der Waals surface area (Å²) in [6.45, 7) is 5.10. The van der Waals surface area contributed by atoms with Gasteiger partial charge in [0.2, 0.25) is 11.8 Å². The number of nitrogens with one attached hydrogen (secondary N) is 2. The lowest BCUT2D eigenvalue weighted by molar-refractivity contribution is -0.137. The van der Waals surface area contributed by atoms with Crippen LogP contribution in [0.4, 0.5) is 0 Å². The zero-order valence-corrected chi connectivity index (χ0v) is 13.2. The van der Waals surface area contributed by atoms with Gasteiger partial charge >= 0.3 is 0 Å². The van der Waals surface area contributed by atoms with Gasteiger partial charge in [-0.2, -0.15) is 0 Å². The highest BCUT2D eigenvalue weighted by Gasteiger charge is 2.26. The summed E-state index contributed by atoms with van der Waals surface area (Å²) in [5, 5.41) is 6.15. The van der Waals surface area contributed by atoms with Gasteiger partial charge in [-0.05, 0) is 12.0 Å². The van der Waals surface area contributed by atoms with Crippen LogP contribution in [0.25, 0.3) is 0 Å². The summed E-state index contributed by atoms with van der Waals surface area (Å²) in [4.78, 5) is 26.6. The summed E-state index contributed by atoms with van der Waals surface area (Å²) >= 11 is 0. The number of carbonyl (C=O) groups excluding carboxylic acids is 2. The van der Waals surface area contributed by atoms with Crippen molar-refractivity contribution in [3.8, 4) is 0 Å². The van der Waals surface area contributed by atoms with E-state index in [9.17, 15) is 9.59 Å². The molecule has 2 amide bonds. The number of piperazine rings is 1. The predicted octanol–water partition coefficient (Wildman–Crippen LogP) is 0.946. The molecule has 1 heterocycles. The van der Waals surface area contributed by atoms with E-state index in [1.807, 2.05) is 42.2 Å². The van der Waals surface area contributed by atoms with Gasteiger partial charge < -0.3 is 15.5 Å². The highest BCUT2D eigenvalue weighted by Crippen LogP contribution is 2.06. The van der Waals surface area contributed by atoms with E-state index in [2.05, 4.69) is 10.6 Å². The van der Waals surface area contributed by atoms with Crippen LogP contribution in [0.2, 0.25) is 0 Å². The lowest BCUT2D eigenvalue weighted by Gasteiger charge is -2.31. The van der Waals surface area contributed by atoms with Crippen LogP contribution in [-0.4, -0.2) is 48.9 Å². The maximum atomic E-state index is 12.6. The lowest BCUT2D eigenvalue weighted by Crippen LogP contribution is -2.54. The molecular weight excluding hydrogens is 278 g/mol. The van der Waals surface area contributed by atoms with Crippen LogP contribution in [0.5, 0.6) is 0 Å². The van der Waals surface area contributed by atoms with Gasteiger partial charge in [-0.15, -0.1) is 0 Å². The van der Waals surface area contributed by atoms with E-state index in [1.54, 1.807) is 0 Å². The number of rotatable bonds is 6. The van der Waals surface area contributed by atoms with Crippen LogP contribution >= 0.6 is 0 Å². The molecule has 2 rings (SSSR count). The molecule has 1 aromatic rings. The Morgan fingerprint density at radius 2 is 1.91 bits per heavy atom. The second-order valence-corrected chi connectivity index (χ2v) is 5.65. The Morgan fingerprint density at radius 3 is 2.55 bits per heavy atom. The number of benzene rings is 1. The van der Waals surface area contributed by atoms with Gasteiger partial charge in [-0.25, -0.2) is 0 Å². The molecule has 0 aromatic heterocycles. The number of hydrogen-bond acceptors (Lipinski definition) is 3. The summed E-state index contributed by atoms with van der Waals surface area (Å²) in [7, 11) is 0. The fourth-order valence-electron chi connectivity index (χ4n) is 2.68. The first-order chi connectivity index (χ1) is 10.7. The quantitative estimate of drug-likeness (QED) is 0.822. The van der Waals surface area contributed by atoms with Crippen molar-refractivity contribution in [2.24, 2.45) is 0 Å². The number of amides is 2. The molecule has 1 unspecified atom stereocenters. The smallest absolute Gasteiger partial charge is 0.245 e. The van der Waals surface area contributed by atoms with Gasteiger partial charge in [-0.3, -0.25) is 9.59 Å². The topological polar surface area (TPSA) is 61.4 Å². The van der Waals surface area contributed by atoms with Crippen molar-refractivity contribution in [3.05, 3.63) is 35.9 Å². The van der Waals surface area contributed by atoms with E-state index in [0.717, 1.165) is 25.1 Å². The van der Waals surface area contributed by atoms with Crippen molar-refractivity contribution >= 4 is 11.8 Å². The van der Waals surface area contributed by atoms with Crippen molar-refractivity contribution in [1.29, 1.82) is 0 Å². The third-order valence-corrected chi connectivity index (χ3v) is 3.85. The third-order valence-electron chi connectivity index (χ3n) is 3.85. The average Bonchev–Trinajstić information content (AvgIpc) is 2.55. The Kier molecular flexibility index (Phi) is 6.40. The van der Waals surface area contributed by atoms with Gasteiger partial charge in [0, 0.05) is 26.2 Å². The molecule has 1 fully saturated rings. The first kappa shape index (κ1) is 16.5. The van der Waals surface area contributed by atoms with Crippen LogP contribution in [-0.2, 0) is 16.0 Å². The summed E-state index contributed by atoms with van der Waals surface area (Å²) in [6.07, 6.45) is 1.87. The summed E-state index contributed by atoms with van der Waals surface area (Å²) < 4.78 is 0. The van der Waals surface area contributed by atoms with E-state index in [0.29, 0.717) is 25.9 Å². The number of carbonyl (C=O) groups is 2. The van der Waals surface area contributed by atoms with Crippen molar-refractivity contribution in [2.75, 3.05) is 26.2 Å². The number of hydrogen-bond donors (Lipinski definition) is 2. The fourth-order valence-corrected chi connectivity index (χ4v) is 2.68. The summed E-state index contributed by atoms with van der Waals surface area (Å²) in [5.41, 5.74) is 0.963. The molecule has 2 N–H and O–H groups in total. The Morgan fingerprint density at radius 1 is 1.23 bits per heavy atom. The fraction of sp³-hybridized carbons (Fsp3) is 0.529. The normalized spacial score (nSPS) is 16.1.